The third kappa shape index (κ3) is 4.86. The van der Waals surface area contributed by atoms with E-state index in [9.17, 15) is 4.79 Å². The number of carbonyl (C=O) groups excluding carboxylic acids is 1. The molecule has 0 heterocycles. The minimum Gasteiger partial charge on any atom is -0.484 e. The zero-order chi connectivity index (χ0) is 18.4. The van der Waals surface area contributed by atoms with E-state index in [-0.39, 0.29) is 12.5 Å². The molecule has 26 heavy (non-hydrogen) atoms. The van der Waals surface area contributed by atoms with Gasteiger partial charge in [0.25, 0.3) is 5.91 Å². The van der Waals surface area contributed by atoms with Gasteiger partial charge in [0.05, 0.1) is 0 Å². The van der Waals surface area contributed by atoms with Crippen molar-refractivity contribution < 1.29 is 14.3 Å². The molecule has 0 saturated carbocycles. The summed E-state index contributed by atoms with van der Waals surface area (Å²) in [6.45, 7) is 3.94. The van der Waals surface area contributed by atoms with Crippen molar-refractivity contribution in [2.24, 2.45) is 0 Å². The maximum atomic E-state index is 12.1. The molecular formula is C22H21NO3. The van der Waals surface area contributed by atoms with Crippen LogP contribution in [0, 0.1) is 13.8 Å². The molecule has 0 radical (unpaired) electrons. The number of ether oxygens (including phenoxy) is 2. The molecule has 0 aliphatic heterocycles. The van der Waals surface area contributed by atoms with E-state index >= 15 is 0 Å². The largest absolute Gasteiger partial charge is 0.484 e. The summed E-state index contributed by atoms with van der Waals surface area (Å²) in [7, 11) is 0. The predicted molar refractivity (Wildman–Crippen MR) is 103 cm³/mol. The van der Waals surface area contributed by atoms with Crippen LogP contribution in [0.25, 0.3) is 0 Å². The molecule has 0 fully saturated rings. The molecule has 4 heteroatoms. The van der Waals surface area contributed by atoms with Crippen molar-refractivity contribution >= 4 is 11.6 Å². The minimum atomic E-state index is -0.193. The lowest BCUT2D eigenvalue weighted by atomic mass is 10.1. The summed E-state index contributed by atoms with van der Waals surface area (Å²) in [5.41, 5.74) is 2.99. The Morgan fingerprint density at radius 2 is 1.50 bits per heavy atom. The average Bonchev–Trinajstić information content (AvgIpc) is 2.64. The van der Waals surface area contributed by atoms with Crippen molar-refractivity contribution in [3.63, 3.8) is 0 Å². The molecule has 1 N–H and O–H groups in total. The van der Waals surface area contributed by atoms with Gasteiger partial charge in [0.2, 0.25) is 0 Å². The van der Waals surface area contributed by atoms with Crippen molar-refractivity contribution in [3.8, 4) is 17.2 Å². The highest BCUT2D eigenvalue weighted by Crippen LogP contribution is 2.23. The standard InChI is InChI=1S/C22H21NO3/c1-16-8-13-21(17(2)14-16)23-22(24)15-25-18-9-11-20(12-10-18)26-19-6-4-3-5-7-19/h3-14H,15H2,1-2H3,(H,23,24). The van der Waals surface area contributed by atoms with Gasteiger partial charge in [-0.15, -0.1) is 0 Å². The second kappa shape index (κ2) is 8.21. The lowest BCUT2D eigenvalue weighted by Gasteiger charge is -2.11. The van der Waals surface area contributed by atoms with Crippen LogP contribution in [0.3, 0.4) is 0 Å². The molecule has 0 aliphatic rings. The van der Waals surface area contributed by atoms with Crippen molar-refractivity contribution in [3.05, 3.63) is 83.9 Å². The Bertz CT molecular complexity index is 874. The number of para-hydroxylation sites is 1. The van der Waals surface area contributed by atoms with Gasteiger partial charge in [-0.25, -0.2) is 0 Å². The minimum absolute atomic E-state index is 0.0494. The van der Waals surface area contributed by atoms with E-state index in [1.54, 1.807) is 12.1 Å². The van der Waals surface area contributed by atoms with Gasteiger partial charge in [0.15, 0.2) is 6.61 Å². The van der Waals surface area contributed by atoms with Gasteiger partial charge < -0.3 is 14.8 Å². The third-order valence-corrected chi connectivity index (χ3v) is 3.83. The van der Waals surface area contributed by atoms with Crippen molar-refractivity contribution in [1.29, 1.82) is 0 Å². The van der Waals surface area contributed by atoms with Gasteiger partial charge in [0, 0.05) is 5.69 Å². The Balaban J connectivity index is 1.52. The van der Waals surface area contributed by atoms with Gasteiger partial charge in [-0.3, -0.25) is 4.79 Å². The molecule has 3 aromatic carbocycles. The summed E-state index contributed by atoms with van der Waals surface area (Å²) < 4.78 is 11.3. The monoisotopic (exact) mass is 347 g/mol. The number of amides is 1. The van der Waals surface area contributed by atoms with Crippen LogP contribution >= 0.6 is 0 Å². The Morgan fingerprint density at radius 1 is 0.846 bits per heavy atom. The average molecular weight is 347 g/mol. The van der Waals surface area contributed by atoms with Crippen molar-refractivity contribution in [1.82, 2.24) is 0 Å². The molecule has 4 nitrogen and oxygen atoms in total. The molecule has 0 aromatic heterocycles. The molecule has 1 amide bonds. The van der Waals surface area contributed by atoms with E-state index < -0.39 is 0 Å². The van der Waals surface area contributed by atoms with Crippen LogP contribution in [-0.2, 0) is 4.79 Å². The lowest BCUT2D eigenvalue weighted by Crippen LogP contribution is -2.20. The molecule has 132 valence electrons. The number of hydrogen-bond donors (Lipinski definition) is 1. The first kappa shape index (κ1) is 17.5. The van der Waals surface area contributed by atoms with Gasteiger partial charge in [-0.1, -0.05) is 35.9 Å². The number of nitrogens with one attached hydrogen (secondary N) is 1. The SMILES string of the molecule is Cc1ccc(NC(=O)COc2ccc(Oc3ccccc3)cc2)c(C)c1. The van der Waals surface area contributed by atoms with Gasteiger partial charge in [-0.05, 0) is 61.9 Å². The molecule has 0 aliphatic carbocycles. The lowest BCUT2D eigenvalue weighted by molar-refractivity contribution is -0.118. The molecule has 0 unspecified atom stereocenters. The Kier molecular flexibility index (Phi) is 5.54. The first-order chi connectivity index (χ1) is 12.6. The van der Waals surface area contributed by atoms with Crippen LogP contribution in [0.1, 0.15) is 11.1 Å². The summed E-state index contributed by atoms with van der Waals surface area (Å²) in [5, 5.41) is 2.86. The molecular weight excluding hydrogens is 326 g/mol. The fourth-order valence-electron chi connectivity index (χ4n) is 2.52. The molecule has 3 rings (SSSR count). The number of carbonyl (C=O) groups is 1. The van der Waals surface area contributed by atoms with Gasteiger partial charge >= 0.3 is 0 Å². The highest BCUT2D eigenvalue weighted by atomic mass is 16.5. The van der Waals surface area contributed by atoms with E-state index in [2.05, 4.69) is 5.32 Å². The molecule has 3 aromatic rings. The zero-order valence-electron chi connectivity index (χ0n) is 14.9. The summed E-state index contributed by atoms with van der Waals surface area (Å²) in [6.07, 6.45) is 0. The Morgan fingerprint density at radius 3 is 2.19 bits per heavy atom. The van der Waals surface area contributed by atoms with Crippen molar-refractivity contribution in [2.45, 2.75) is 13.8 Å². The molecule has 0 saturated heterocycles. The number of hydrogen-bond acceptors (Lipinski definition) is 3. The van der Waals surface area contributed by atoms with Crippen molar-refractivity contribution in [2.75, 3.05) is 11.9 Å². The van der Waals surface area contributed by atoms with Gasteiger partial charge in [-0.2, -0.15) is 0 Å². The Labute approximate surface area is 153 Å². The van der Waals surface area contributed by atoms with E-state index in [1.807, 2.05) is 74.5 Å². The van der Waals surface area contributed by atoms with Crippen LogP contribution in [-0.4, -0.2) is 12.5 Å². The third-order valence-electron chi connectivity index (χ3n) is 3.83. The maximum Gasteiger partial charge on any atom is 0.262 e. The Hall–Kier alpha value is -3.27. The van der Waals surface area contributed by atoms with Crippen LogP contribution in [0.5, 0.6) is 17.2 Å². The summed E-state index contributed by atoms with van der Waals surface area (Å²) in [6, 6.07) is 22.6. The summed E-state index contributed by atoms with van der Waals surface area (Å²) >= 11 is 0. The van der Waals surface area contributed by atoms with Crippen LogP contribution in [0.4, 0.5) is 5.69 Å². The molecule has 0 spiro atoms. The number of rotatable bonds is 6. The van der Waals surface area contributed by atoms with Crippen LogP contribution < -0.4 is 14.8 Å². The van der Waals surface area contributed by atoms with Gasteiger partial charge in [0.1, 0.15) is 17.2 Å². The fraction of sp³-hybridized carbons (Fsp3) is 0.136. The quantitative estimate of drug-likeness (QED) is 0.674. The number of aryl methyl sites for hydroxylation is 2. The first-order valence-electron chi connectivity index (χ1n) is 8.43. The van der Waals surface area contributed by atoms with E-state index in [0.717, 1.165) is 22.6 Å². The fourth-order valence-corrected chi connectivity index (χ4v) is 2.52. The first-order valence-corrected chi connectivity index (χ1v) is 8.43. The second-order valence-corrected chi connectivity index (χ2v) is 6.04. The highest BCUT2D eigenvalue weighted by Gasteiger charge is 2.06. The smallest absolute Gasteiger partial charge is 0.262 e. The van der Waals surface area contributed by atoms with E-state index in [0.29, 0.717) is 11.5 Å². The van der Waals surface area contributed by atoms with E-state index in [1.165, 1.54) is 0 Å². The number of benzene rings is 3. The number of anilines is 1. The summed E-state index contributed by atoms with van der Waals surface area (Å²) in [5.74, 6) is 1.90. The highest BCUT2D eigenvalue weighted by molar-refractivity contribution is 5.92. The molecule has 0 atom stereocenters. The van der Waals surface area contributed by atoms with Crippen LogP contribution in [0.2, 0.25) is 0 Å². The van der Waals surface area contributed by atoms with Crippen LogP contribution in [0.15, 0.2) is 72.8 Å². The zero-order valence-corrected chi connectivity index (χ0v) is 14.9. The topological polar surface area (TPSA) is 47.6 Å². The van der Waals surface area contributed by atoms with E-state index in [4.69, 9.17) is 9.47 Å². The second-order valence-electron chi connectivity index (χ2n) is 6.04. The predicted octanol–water partition coefficient (Wildman–Crippen LogP) is 5.11. The normalized spacial score (nSPS) is 10.2. The molecule has 0 bridgehead atoms. The summed E-state index contributed by atoms with van der Waals surface area (Å²) in [4.78, 5) is 12.1. The maximum absolute atomic E-state index is 12.1.